The van der Waals surface area contributed by atoms with Crippen LogP contribution in [0.5, 0.6) is 0 Å². The van der Waals surface area contributed by atoms with Crippen LogP contribution in [0, 0.1) is 0 Å². The second kappa shape index (κ2) is 5.50. The number of amides is 1. The fourth-order valence-electron chi connectivity index (χ4n) is 2.32. The van der Waals surface area contributed by atoms with E-state index in [-0.39, 0.29) is 18.0 Å². The van der Waals surface area contributed by atoms with Gasteiger partial charge in [0.05, 0.1) is 4.88 Å². The molecule has 1 aliphatic rings. The third-order valence-corrected chi connectivity index (χ3v) is 4.87. The summed E-state index contributed by atoms with van der Waals surface area (Å²) >= 11 is 4.87. The molecule has 94 valence electrons. The Hall–Kier alpha value is -0.390. The summed E-state index contributed by atoms with van der Waals surface area (Å²) in [4.78, 5) is 15.1. The lowest BCUT2D eigenvalue weighted by atomic mass is 9.97. The summed E-state index contributed by atoms with van der Waals surface area (Å²) in [6.07, 6.45) is 3.28. The van der Waals surface area contributed by atoms with E-state index in [4.69, 9.17) is 5.73 Å². The average Bonchev–Trinajstić information content (AvgIpc) is 2.75. The Balaban J connectivity index is 2.16. The van der Waals surface area contributed by atoms with E-state index >= 15 is 0 Å². The number of likely N-dealkylation sites (tertiary alicyclic amines) is 1. The molecule has 2 rings (SSSR count). The molecule has 5 heteroatoms. The minimum absolute atomic E-state index is 0.0441. The van der Waals surface area contributed by atoms with E-state index in [2.05, 4.69) is 15.9 Å². The van der Waals surface area contributed by atoms with Crippen molar-refractivity contribution in [2.45, 2.75) is 38.3 Å². The molecule has 2 heterocycles. The van der Waals surface area contributed by atoms with E-state index in [0.29, 0.717) is 0 Å². The second-order valence-corrected chi connectivity index (χ2v) is 6.38. The summed E-state index contributed by atoms with van der Waals surface area (Å²) in [6.45, 7) is 2.82. The molecule has 0 unspecified atom stereocenters. The van der Waals surface area contributed by atoms with E-state index in [0.717, 1.165) is 28.7 Å². The van der Waals surface area contributed by atoms with Gasteiger partial charge in [-0.25, -0.2) is 0 Å². The van der Waals surface area contributed by atoms with Gasteiger partial charge in [0.1, 0.15) is 0 Å². The van der Waals surface area contributed by atoms with Crippen LogP contribution in [-0.4, -0.2) is 29.4 Å². The van der Waals surface area contributed by atoms with E-state index in [9.17, 15) is 4.79 Å². The highest BCUT2D eigenvalue weighted by Gasteiger charge is 2.30. The summed E-state index contributed by atoms with van der Waals surface area (Å²) in [5.74, 6) is 0.128. The molecule has 0 aromatic carbocycles. The molecule has 0 radical (unpaired) electrons. The largest absolute Gasteiger partial charge is 0.333 e. The number of carbonyl (C=O) groups is 1. The van der Waals surface area contributed by atoms with Crippen LogP contribution in [0.4, 0.5) is 0 Å². The lowest BCUT2D eigenvalue weighted by molar-refractivity contribution is 0.0589. The standard InChI is InChI=1S/C12H17BrN2OS/c1-8(14)10-4-2-3-5-15(10)12(16)11-6-9(13)7-17-11/h6-8,10H,2-5,14H2,1H3/t8-,10-/m0/s1. The SMILES string of the molecule is C[C@H](N)[C@@H]1CCCCN1C(=O)c1cc(Br)cs1. The van der Waals surface area contributed by atoms with Gasteiger partial charge in [-0.05, 0) is 48.2 Å². The maximum Gasteiger partial charge on any atom is 0.264 e. The number of rotatable bonds is 2. The average molecular weight is 317 g/mol. The minimum atomic E-state index is 0.0441. The van der Waals surface area contributed by atoms with Crippen molar-refractivity contribution in [3.05, 3.63) is 20.8 Å². The van der Waals surface area contributed by atoms with E-state index < -0.39 is 0 Å². The summed E-state index contributed by atoms with van der Waals surface area (Å²) in [6, 6.07) is 2.12. The van der Waals surface area contributed by atoms with Gasteiger partial charge in [0.15, 0.2) is 0 Å². The fourth-order valence-corrected chi connectivity index (χ4v) is 3.70. The molecule has 0 aliphatic carbocycles. The molecule has 2 N–H and O–H groups in total. The summed E-state index contributed by atoms with van der Waals surface area (Å²) in [5, 5.41) is 1.94. The van der Waals surface area contributed by atoms with Gasteiger partial charge in [0.25, 0.3) is 5.91 Å². The molecule has 2 atom stereocenters. The summed E-state index contributed by atoms with van der Waals surface area (Å²) < 4.78 is 0.972. The zero-order valence-corrected chi connectivity index (χ0v) is 12.3. The number of piperidine rings is 1. The van der Waals surface area contributed by atoms with Crippen molar-refractivity contribution in [2.24, 2.45) is 5.73 Å². The molecule has 1 aliphatic heterocycles. The van der Waals surface area contributed by atoms with Gasteiger partial charge < -0.3 is 10.6 Å². The van der Waals surface area contributed by atoms with Crippen molar-refractivity contribution in [2.75, 3.05) is 6.54 Å². The molecule has 17 heavy (non-hydrogen) atoms. The van der Waals surface area contributed by atoms with E-state index in [1.807, 2.05) is 23.3 Å². The smallest absolute Gasteiger partial charge is 0.264 e. The normalized spacial score (nSPS) is 22.5. The van der Waals surface area contributed by atoms with Gasteiger partial charge in [0.2, 0.25) is 0 Å². The third kappa shape index (κ3) is 2.89. The lowest BCUT2D eigenvalue weighted by Crippen LogP contribution is -2.51. The number of nitrogens with two attached hydrogens (primary N) is 1. The Kier molecular flexibility index (Phi) is 4.22. The van der Waals surface area contributed by atoms with Crippen LogP contribution in [0.2, 0.25) is 0 Å². The van der Waals surface area contributed by atoms with E-state index in [1.54, 1.807) is 0 Å². The molecule has 1 fully saturated rings. The molecule has 0 spiro atoms. The van der Waals surface area contributed by atoms with Crippen LogP contribution >= 0.6 is 27.3 Å². The van der Waals surface area contributed by atoms with Crippen LogP contribution in [0.3, 0.4) is 0 Å². The predicted octanol–water partition coefficient (Wildman–Crippen LogP) is 2.85. The number of nitrogens with zero attached hydrogens (tertiary/aromatic N) is 1. The number of halogens is 1. The predicted molar refractivity (Wildman–Crippen MR) is 74.3 cm³/mol. The number of carbonyl (C=O) groups excluding carboxylic acids is 1. The first kappa shape index (κ1) is 13.1. The Bertz CT molecular complexity index is 405. The van der Waals surface area contributed by atoms with Gasteiger partial charge in [-0.1, -0.05) is 0 Å². The first-order valence-corrected chi connectivity index (χ1v) is 7.57. The van der Waals surface area contributed by atoms with Gasteiger partial charge in [-0.15, -0.1) is 11.3 Å². The zero-order chi connectivity index (χ0) is 12.4. The van der Waals surface area contributed by atoms with Crippen molar-refractivity contribution in [1.82, 2.24) is 4.90 Å². The quantitative estimate of drug-likeness (QED) is 0.912. The number of thiophene rings is 1. The Morgan fingerprint density at radius 3 is 3.00 bits per heavy atom. The van der Waals surface area contributed by atoms with Crippen molar-refractivity contribution in [3.8, 4) is 0 Å². The molecular weight excluding hydrogens is 300 g/mol. The lowest BCUT2D eigenvalue weighted by Gasteiger charge is -2.37. The van der Waals surface area contributed by atoms with Gasteiger partial charge >= 0.3 is 0 Å². The van der Waals surface area contributed by atoms with Crippen LogP contribution in [0.15, 0.2) is 15.9 Å². The molecule has 1 aromatic rings. The second-order valence-electron chi connectivity index (χ2n) is 4.55. The van der Waals surface area contributed by atoms with Gasteiger partial charge in [-0.3, -0.25) is 4.79 Å². The van der Waals surface area contributed by atoms with Crippen LogP contribution in [0.1, 0.15) is 35.9 Å². The monoisotopic (exact) mass is 316 g/mol. The van der Waals surface area contributed by atoms with Crippen LogP contribution in [0.25, 0.3) is 0 Å². The summed E-state index contributed by atoms with van der Waals surface area (Å²) in [7, 11) is 0. The zero-order valence-electron chi connectivity index (χ0n) is 9.86. The topological polar surface area (TPSA) is 46.3 Å². The maximum atomic E-state index is 12.4. The van der Waals surface area contributed by atoms with Crippen molar-refractivity contribution in [3.63, 3.8) is 0 Å². The van der Waals surface area contributed by atoms with Gasteiger partial charge in [0, 0.05) is 28.5 Å². The first-order valence-electron chi connectivity index (χ1n) is 5.90. The fraction of sp³-hybridized carbons (Fsp3) is 0.583. The highest BCUT2D eigenvalue weighted by molar-refractivity contribution is 9.10. The molecular formula is C12H17BrN2OS. The van der Waals surface area contributed by atoms with Gasteiger partial charge in [-0.2, -0.15) is 0 Å². The molecule has 0 bridgehead atoms. The van der Waals surface area contributed by atoms with Crippen LogP contribution < -0.4 is 5.73 Å². The molecule has 0 saturated carbocycles. The Morgan fingerprint density at radius 2 is 2.41 bits per heavy atom. The number of hydrogen-bond acceptors (Lipinski definition) is 3. The summed E-state index contributed by atoms with van der Waals surface area (Å²) in [5.41, 5.74) is 5.98. The molecule has 1 amide bonds. The van der Waals surface area contributed by atoms with Crippen molar-refractivity contribution < 1.29 is 4.79 Å². The maximum absolute atomic E-state index is 12.4. The van der Waals surface area contributed by atoms with Crippen LogP contribution in [-0.2, 0) is 0 Å². The minimum Gasteiger partial charge on any atom is -0.333 e. The highest BCUT2D eigenvalue weighted by Crippen LogP contribution is 2.25. The molecule has 3 nitrogen and oxygen atoms in total. The number of hydrogen-bond donors (Lipinski definition) is 1. The van der Waals surface area contributed by atoms with Crippen molar-refractivity contribution >= 4 is 33.2 Å². The third-order valence-electron chi connectivity index (χ3n) is 3.20. The Morgan fingerprint density at radius 1 is 1.65 bits per heavy atom. The Labute approximate surface area is 114 Å². The molecule has 1 aromatic heterocycles. The highest BCUT2D eigenvalue weighted by atomic mass is 79.9. The van der Waals surface area contributed by atoms with E-state index in [1.165, 1.54) is 17.8 Å². The molecule has 1 saturated heterocycles. The first-order chi connectivity index (χ1) is 8.09. The van der Waals surface area contributed by atoms with Crippen molar-refractivity contribution in [1.29, 1.82) is 0 Å².